The van der Waals surface area contributed by atoms with E-state index in [1.165, 1.54) is 11.3 Å². The van der Waals surface area contributed by atoms with Gasteiger partial charge in [-0.2, -0.15) is 15.5 Å². The molecule has 0 bridgehead atoms. The van der Waals surface area contributed by atoms with E-state index in [2.05, 4.69) is 32.0 Å². The molecule has 2 amide bonds. The van der Waals surface area contributed by atoms with Crippen LogP contribution < -0.4 is 10.6 Å². The Bertz CT molecular complexity index is 1030. The lowest BCUT2D eigenvalue weighted by Gasteiger charge is -2.22. The number of rotatable bonds is 4. The predicted octanol–water partition coefficient (Wildman–Crippen LogP) is 2.04. The Morgan fingerprint density at radius 1 is 1.39 bits per heavy atom. The Hall–Kier alpha value is -3.60. The summed E-state index contributed by atoms with van der Waals surface area (Å²) in [4.78, 5) is 12.4. The van der Waals surface area contributed by atoms with Gasteiger partial charge in [0.05, 0.1) is 23.5 Å². The van der Waals surface area contributed by atoms with Crippen LogP contribution >= 0.6 is 0 Å². The number of hydrogen-bond donors (Lipinski definition) is 3. The molecule has 1 atom stereocenters. The second-order valence-electron chi connectivity index (χ2n) is 7.01. The zero-order valence-corrected chi connectivity index (χ0v) is 15.6. The average Bonchev–Trinajstić information content (AvgIpc) is 3.32. The van der Waals surface area contributed by atoms with E-state index in [1.54, 1.807) is 16.8 Å². The van der Waals surface area contributed by atoms with Gasteiger partial charge in [0.2, 0.25) is 0 Å². The number of benzene rings is 1. The van der Waals surface area contributed by atoms with Crippen molar-refractivity contribution >= 4 is 6.03 Å². The maximum absolute atomic E-state index is 12.4. The van der Waals surface area contributed by atoms with Crippen molar-refractivity contribution in [2.45, 2.75) is 31.8 Å². The number of nitrogens with zero attached hydrogens (tertiary/aromatic N) is 4. The van der Waals surface area contributed by atoms with Crippen LogP contribution in [-0.4, -0.2) is 32.1 Å². The van der Waals surface area contributed by atoms with Gasteiger partial charge in [0, 0.05) is 42.7 Å². The van der Waals surface area contributed by atoms with Crippen LogP contribution in [0.2, 0.25) is 0 Å². The van der Waals surface area contributed by atoms with E-state index in [0.717, 1.165) is 36.1 Å². The number of nitriles is 1. The summed E-state index contributed by atoms with van der Waals surface area (Å²) in [7, 11) is 1.85. The lowest BCUT2D eigenvalue weighted by molar-refractivity contribution is 0.235. The van der Waals surface area contributed by atoms with Gasteiger partial charge in [0.25, 0.3) is 0 Å². The summed E-state index contributed by atoms with van der Waals surface area (Å²) in [6.07, 6.45) is 6.31. The number of carbonyl (C=O) groups excluding carboxylic acids is 1. The first-order chi connectivity index (χ1) is 13.6. The second-order valence-corrected chi connectivity index (χ2v) is 7.01. The summed E-state index contributed by atoms with van der Waals surface area (Å²) < 4.78 is 1.73. The number of aryl methyl sites for hydroxylation is 2. The van der Waals surface area contributed by atoms with Crippen molar-refractivity contribution in [1.82, 2.24) is 30.6 Å². The molecule has 3 aromatic rings. The lowest BCUT2D eigenvalue weighted by atomic mass is 9.94. The van der Waals surface area contributed by atoms with Gasteiger partial charge in [-0.1, -0.05) is 12.1 Å². The highest BCUT2D eigenvalue weighted by Gasteiger charge is 2.21. The summed E-state index contributed by atoms with van der Waals surface area (Å²) in [6, 6.07) is 9.30. The van der Waals surface area contributed by atoms with Gasteiger partial charge < -0.3 is 10.6 Å². The Balaban J connectivity index is 1.38. The van der Waals surface area contributed by atoms with Gasteiger partial charge in [-0.3, -0.25) is 9.78 Å². The van der Waals surface area contributed by atoms with Gasteiger partial charge in [0.15, 0.2) is 0 Å². The number of amides is 2. The van der Waals surface area contributed by atoms with E-state index in [-0.39, 0.29) is 12.1 Å². The number of hydrogen-bond acceptors (Lipinski definition) is 4. The largest absolute Gasteiger partial charge is 0.335 e. The van der Waals surface area contributed by atoms with Crippen molar-refractivity contribution in [3.05, 3.63) is 59.0 Å². The Labute approximate surface area is 162 Å². The number of fused-ring (bicyclic) bond motifs is 1. The summed E-state index contributed by atoms with van der Waals surface area (Å²) in [5.74, 6) is 0. The maximum atomic E-state index is 12.4. The molecule has 1 aliphatic rings. The minimum absolute atomic E-state index is 0.108. The molecule has 0 saturated carbocycles. The second kappa shape index (κ2) is 7.56. The third-order valence-electron chi connectivity index (χ3n) is 4.98. The third kappa shape index (κ3) is 3.74. The molecule has 0 radical (unpaired) electrons. The number of aromatic amines is 1. The maximum Gasteiger partial charge on any atom is 0.315 e. The molecule has 3 N–H and O–H groups in total. The number of nitrogens with one attached hydrogen (secondary N) is 3. The molecule has 8 heteroatoms. The van der Waals surface area contributed by atoms with E-state index >= 15 is 0 Å². The Morgan fingerprint density at radius 3 is 3.00 bits per heavy atom. The number of H-pyrrole nitrogens is 1. The topological polar surface area (TPSA) is 111 Å². The minimum Gasteiger partial charge on any atom is -0.335 e. The Morgan fingerprint density at radius 2 is 2.21 bits per heavy atom. The van der Waals surface area contributed by atoms with Gasteiger partial charge in [-0.05, 0) is 37.0 Å². The molecule has 0 spiro atoms. The summed E-state index contributed by atoms with van der Waals surface area (Å²) in [5, 5.41) is 26.5. The zero-order chi connectivity index (χ0) is 19.5. The standard InChI is InChI=1S/C20H21N7O/c1-27-12-16(19(26-27)14-4-2-13(9-21)3-5-14)10-22-20(28)24-17-6-7-18-15(8-17)11-23-25-18/h2-5,11-12,17H,6-8,10H2,1H3,(H,23,25)(H2,22,24,28). The molecule has 142 valence electrons. The summed E-state index contributed by atoms with van der Waals surface area (Å²) in [5.41, 5.74) is 5.58. The van der Waals surface area contributed by atoms with E-state index in [9.17, 15) is 4.79 Å². The van der Waals surface area contributed by atoms with Crippen molar-refractivity contribution < 1.29 is 4.79 Å². The first-order valence-corrected chi connectivity index (χ1v) is 9.21. The van der Waals surface area contributed by atoms with Gasteiger partial charge in [0.1, 0.15) is 0 Å². The fraction of sp³-hybridized carbons (Fsp3) is 0.300. The fourth-order valence-corrected chi connectivity index (χ4v) is 3.56. The quantitative estimate of drug-likeness (QED) is 0.648. The van der Waals surface area contributed by atoms with Crippen LogP contribution in [0.15, 0.2) is 36.7 Å². The molecule has 8 nitrogen and oxygen atoms in total. The molecular formula is C20H21N7O. The fourth-order valence-electron chi connectivity index (χ4n) is 3.56. The van der Waals surface area contributed by atoms with Gasteiger partial charge in [-0.15, -0.1) is 0 Å². The van der Waals surface area contributed by atoms with Crippen LogP contribution in [0.25, 0.3) is 11.3 Å². The molecule has 1 aliphatic carbocycles. The number of carbonyl (C=O) groups is 1. The molecule has 28 heavy (non-hydrogen) atoms. The molecule has 0 fully saturated rings. The zero-order valence-electron chi connectivity index (χ0n) is 15.6. The SMILES string of the molecule is Cn1cc(CNC(=O)NC2CCc3[nH]ncc3C2)c(-c2ccc(C#N)cc2)n1. The van der Waals surface area contributed by atoms with E-state index in [1.807, 2.05) is 31.6 Å². The molecule has 1 aromatic carbocycles. The van der Waals surface area contributed by atoms with Crippen molar-refractivity contribution in [1.29, 1.82) is 5.26 Å². The van der Waals surface area contributed by atoms with Crippen molar-refractivity contribution in [3.63, 3.8) is 0 Å². The van der Waals surface area contributed by atoms with Crippen LogP contribution in [0, 0.1) is 11.3 Å². The smallest absolute Gasteiger partial charge is 0.315 e. The first kappa shape index (κ1) is 17.8. The highest BCUT2D eigenvalue weighted by Crippen LogP contribution is 2.22. The monoisotopic (exact) mass is 375 g/mol. The Kier molecular flexibility index (Phi) is 4.81. The van der Waals surface area contributed by atoms with E-state index in [4.69, 9.17) is 5.26 Å². The minimum atomic E-state index is -0.188. The van der Waals surface area contributed by atoms with Gasteiger partial charge in [-0.25, -0.2) is 4.79 Å². The van der Waals surface area contributed by atoms with Gasteiger partial charge >= 0.3 is 6.03 Å². The van der Waals surface area contributed by atoms with Crippen molar-refractivity contribution in [3.8, 4) is 17.3 Å². The number of aromatic nitrogens is 4. The molecule has 4 rings (SSSR count). The van der Waals surface area contributed by atoms with Crippen LogP contribution in [0.3, 0.4) is 0 Å². The highest BCUT2D eigenvalue weighted by atomic mass is 16.2. The average molecular weight is 375 g/mol. The first-order valence-electron chi connectivity index (χ1n) is 9.21. The van der Waals surface area contributed by atoms with E-state index < -0.39 is 0 Å². The molecular weight excluding hydrogens is 354 g/mol. The lowest BCUT2D eigenvalue weighted by Crippen LogP contribution is -2.44. The van der Waals surface area contributed by atoms with Crippen molar-refractivity contribution in [2.75, 3.05) is 0 Å². The molecule has 0 saturated heterocycles. The molecule has 1 unspecified atom stereocenters. The highest BCUT2D eigenvalue weighted by molar-refractivity contribution is 5.75. The normalized spacial score (nSPS) is 15.5. The summed E-state index contributed by atoms with van der Waals surface area (Å²) in [6.45, 7) is 0.374. The summed E-state index contributed by atoms with van der Waals surface area (Å²) >= 11 is 0. The van der Waals surface area contributed by atoms with Crippen LogP contribution in [0.1, 0.15) is 28.8 Å². The van der Waals surface area contributed by atoms with E-state index in [0.29, 0.717) is 12.1 Å². The molecule has 2 aromatic heterocycles. The van der Waals surface area contributed by atoms with Crippen LogP contribution in [-0.2, 0) is 26.4 Å². The molecule has 2 heterocycles. The molecule has 0 aliphatic heterocycles. The van der Waals surface area contributed by atoms with Crippen molar-refractivity contribution in [2.24, 2.45) is 7.05 Å². The predicted molar refractivity (Wildman–Crippen MR) is 103 cm³/mol. The number of urea groups is 1. The van der Waals surface area contributed by atoms with Crippen LogP contribution in [0.5, 0.6) is 0 Å². The van der Waals surface area contributed by atoms with Crippen LogP contribution in [0.4, 0.5) is 4.79 Å². The third-order valence-corrected chi connectivity index (χ3v) is 4.98.